The maximum atomic E-state index is 12.4. The van der Waals surface area contributed by atoms with E-state index < -0.39 is 11.6 Å². The first-order valence-corrected chi connectivity index (χ1v) is 13.3. The van der Waals surface area contributed by atoms with Crippen molar-refractivity contribution in [2.75, 3.05) is 13.2 Å². The lowest BCUT2D eigenvalue weighted by Crippen LogP contribution is -2.45. The second-order valence-electron chi connectivity index (χ2n) is 10.8. The molecule has 0 N–H and O–H groups in total. The fourth-order valence-electron chi connectivity index (χ4n) is 6.25. The van der Waals surface area contributed by atoms with Crippen LogP contribution in [0.3, 0.4) is 0 Å². The van der Waals surface area contributed by atoms with Gasteiger partial charge in [-0.3, -0.25) is 0 Å². The summed E-state index contributed by atoms with van der Waals surface area (Å²) in [7, 11) is 0. The first-order valence-electron chi connectivity index (χ1n) is 13.3. The summed E-state index contributed by atoms with van der Waals surface area (Å²) >= 11 is 0. The minimum atomic E-state index is -0.582. The van der Waals surface area contributed by atoms with Gasteiger partial charge in [0.1, 0.15) is 29.8 Å². The van der Waals surface area contributed by atoms with Gasteiger partial charge >= 0.3 is 11.9 Å². The molecule has 2 fully saturated rings. The molecule has 1 heterocycles. The highest BCUT2D eigenvalue weighted by molar-refractivity contribution is 6.16. The summed E-state index contributed by atoms with van der Waals surface area (Å²) in [5, 5.41) is 6.22. The first kappa shape index (κ1) is 25.5. The molecule has 0 radical (unpaired) electrons. The third-order valence-corrected chi connectivity index (χ3v) is 7.87. The Morgan fingerprint density at radius 3 is 2.65 bits per heavy atom. The summed E-state index contributed by atoms with van der Waals surface area (Å²) < 4.78 is 17.6. The highest BCUT2D eigenvalue weighted by Gasteiger charge is 2.44. The molecule has 2 bridgehead atoms. The van der Waals surface area contributed by atoms with Gasteiger partial charge in [-0.25, -0.2) is 9.59 Å². The average Bonchev–Trinajstić information content (AvgIpc) is 3.20. The zero-order chi connectivity index (χ0) is 26.0. The molecule has 2 aromatic carbocycles. The molecule has 5 rings (SSSR count). The lowest BCUT2D eigenvalue weighted by Gasteiger charge is -2.46. The summed E-state index contributed by atoms with van der Waals surface area (Å²) in [6.07, 6.45) is 6.71. The second-order valence-corrected chi connectivity index (χ2v) is 10.8. The Hall–Kier alpha value is -3.19. The Bertz CT molecular complexity index is 1220. The molecule has 7 heteroatoms. The van der Waals surface area contributed by atoms with E-state index in [2.05, 4.69) is 11.7 Å². The molecule has 0 spiro atoms. The van der Waals surface area contributed by atoms with Crippen LogP contribution >= 0.6 is 0 Å². The molecular weight excluding hydrogens is 470 g/mol. The van der Waals surface area contributed by atoms with E-state index in [1.165, 1.54) is 25.7 Å². The van der Waals surface area contributed by atoms with Gasteiger partial charge in [0.25, 0.3) is 0 Å². The molecule has 3 aliphatic rings. The van der Waals surface area contributed by atoms with E-state index >= 15 is 0 Å². The van der Waals surface area contributed by atoms with Crippen molar-refractivity contribution in [3.05, 3.63) is 54.1 Å². The zero-order valence-electron chi connectivity index (χ0n) is 21.7. The van der Waals surface area contributed by atoms with Gasteiger partial charge in [-0.2, -0.15) is 0 Å². The van der Waals surface area contributed by atoms with Crippen LogP contribution in [-0.2, 0) is 23.9 Å². The lowest BCUT2D eigenvalue weighted by molar-refractivity contribution is -0.169. The standard InChI is InChI=1S/C30H35NO6/c1-19(2)29(33)36-30(16-21-7-6-8-22(15-21)17-30)13-14-34-18-26(32)37-31-28-20(3)35-25-12-11-23-9-4-5-10-24(23)27(25)28/h4-5,9-12,20-22H,1,6-8,13-18H2,2-3H3. The maximum absolute atomic E-state index is 12.4. The van der Waals surface area contributed by atoms with Crippen LogP contribution < -0.4 is 4.74 Å². The summed E-state index contributed by atoms with van der Waals surface area (Å²) in [5.74, 6) is 0.934. The number of rotatable bonds is 8. The molecule has 196 valence electrons. The van der Waals surface area contributed by atoms with Crippen molar-refractivity contribution in [1.29, 1.82) is 0 Å². The second kappa shape index (κ2) is 10.7. The van der Waals surface area contributed by atoms with Crippen molar-refractivity contribution in [1.82, 2.24) is 0 Å². The minimum absolute atomic E-state index is 0.230. The van der Waals surface area contributed by atoms with Gasteiger partial charge in [0.2, 0.25) is 0 Å². The Kier molecular flexibility index (Phi) is 7.33. The normalized spacial score (nSPS) is 27.4. The molecule has 0 amide bonds. The predicted octanol–water partition coefficient (Wildman–Crippen LogP) is 5.73. The summed E-state index contributed by atoms with van der Waals surface area (Å²) in [4.78, 5) is 30.1. The molecule has 37 heavy (non-hydrogen) atoms. The Balaban J connectivity index is 1.19. The van der Waals surface area contributed by atoms with Crippen LogP contribution in [0.2, 0.25) is 0 Å². The van der Waals surface area contributed by atoms with Crippen LogP contribution in [0.15, 0.2) is 53.7 Å². The monoisotopic (exact) mass is 505 g/mol. The fourth-order valence-corrected chi connectivity index (χ4v) is 6.25. The molecule has 1 aliphatic heterocycles. The van der Waals surface area contributed by atoms with E-state index in [-0.39, 0.29) is 18.7 Å². The van der Waals surface area contributed by atoms with Crippen molar-refractivity contribution in [3.63, 3.8) is 0 Å². The molecule has 2 aromatic rings. The van der Waals surface area contributed by atoms with E-state index in [9.17, 15) is 9.59 Å². The summed E-state index contributed by atoms with van der Waals surface area (Å²) in [5.41, 5.74) is 1.27. The summed E-state index contributed by atoms with van der Waals surface area (Å²) in [6.45, 7) is 7.36. The third kappa shape index (κ3) is 5.57. The largest absolute Gasteiger partial charge is 0.484 e. The van der Waals surface area contributed by atoms with Crippen LogP contribution in [0.25, 0.3) is 10.8 Å². The minimum Gasteiger partial charge on any atom is -0.484 e. The van der Waals surface area contributed by atoms with Crippen molar-refractivity contribution < 1.29 is 28.6 Å². The number of hydrogen-bond donors (Lipinski definition) is 0. The van der Waals surface area contributed by atoms with Crippen LogP contribution in [-0.4, -0.2) is 42.6 Å². The van der Waals surface area contributed by atoms with Gasteiger partial charge in [-0.15, -0.1) is 0 Å². The number of hydrogen-bond acceptors (Lipinski definition) is 7. The van der Waals surface area contributed by atoms with Crippen LogP contribution in [0.4, 0.5) is 0 Å². The number of oxime groups is 1. The number of ether oxygens (including phenoxy) is 3. The van der Waals surface area contributed by atoms with E-state index in [1.54, 1.807) is 6.92 Å². The van der Waals surface area contributed by atoms with Gasteiger partial charge in [0.05, 0.1) is 12.2 Å². The Labute approximate surface area is 217 Å². The van der Waals surface area contributed by atoms with Gasteiger partial charge in [0, 0.05) is 12.0 Å². The number of carbonyl (C=O) groups is 2. The topological polar surface area (TPSA) is 83.4 Å². The van der Waals surface area contributed by atoms with Crippen LogP contribution in [0, 0.1) is 11.8 Å². The van der Waals surface area contributed by atoms with E-state index in [4.69, 9.17) is 19.0 Å². The van der Waals surface area contributed by atoms with E-state index in [0.29, 0.717) is 36.1 Å². The molecule has 2 saturated carbocycles. The van der Waals surface area contributed by atoms with Crippen LogP contribution in [0.1, 0.15) is 64.4 Å². The van der Waals surface area contributed by atoms with Gasteiger partial charge in [-0.1, -0.05) is 61.3 Å². The number of esters is 1. The molecule has 0 saturated heterocycles. The van der Waals surface area contributed by atoms with Crippen molar-refractivity contribution in [3.8, 4) is 5.75 Å². The lowest BCUT2D eigenvalue weighted by atomic mass is 9.65. The van der Waals surface area contributed by atoms with E-state index in [0.717, 1.165) is 34.9 Å². The SMILES string of the molecule is C=C(C)C(=O)OC1(CCOCC(=O)ON=C2c3c(ccc4ccccc34)OC2C)CC2CCCC(C2)C1. The molecule has 3 unspecified atom stereocenters. The van der Waals surface area contributed by atoms with Crippen molar-refractivity contribution in [2.45, 2.75) is 70.5 Å². The number of benzene rings is 2. The zero-order valence-corrected chi connectivity index (χ0v) is 21.7. The first-order chi connectivity index (χ1) is 17.8. The summed E-state index contributed by atoms with van der Waals surface area (Å²) in [6, 6.07) is 11.9. The predicted molar refractivity (Wildman–Crippen MR) is 140 cm³/mol. The molecule has 0 aromatic heterocycles. The molecule has 3 atom stereocenters. The molecule has 7 nitrogen and oxygen atoms in total. The Morgan fingerprint density at radius 2 is 1.89 bits per heavy atom. The quantitative estimate of drug-likeness (QED) is 0.150. The smallest absolute Gasteiger partial charge is 0.360 e. The number of nitrogens with zero attached hydrogens (tertiary/aromatic N) is 1. The molecule has 2 aliphatic carbocycles. The maximum Gasteiger partial charge on any atom is 0.360 e. The van der Waals surface area contributed by atoms with Crippen LogP contribution in [0.5, 0.6) is 5.75 Å². The third-order valence-electron chi connectivity index (χ3n) is 7.87. The van der Waals surface area contributed by atoms with Gasteiger partial charge < -0.3 is 19.0 Å². The highest BCUT2D eigenvalue weighted by atomic mass is 16.7. The molecular formula is C30H35NO6. The fraction of sp³-hybridized carbons (Fsp3) is 0.500. The Morgan fingerprint density at radius 1 is 1.14 bits per heavy atom. The average molecular weight is 506 g/mol. The van der Waals surface area contributed by atoms with E-state index in [1.807, 2.05) is 43.3 Å². The van der Waals surface area contributed by atoms with Gasteiger partial charge in [-0.05, 0) is 61.8 Å². The number of carbonyl (C=O) groups excluding carboxylic acids is 2. The highest BCUT2D eigenvalue weighted by Crippen LogP contribution is 2.47. The van der Waals surface area contributed by atoms with Gasteiger partial charge in [0.15, 0.2) is 0 Å². The van der Waals surface area contributed by atoms with Crippen molar-refractivity contribution >= 4 is 28.4 Å². The number of fused-ring (bicyclic) bond motifs is 5. The van der Waals surface area contributed by atoms with Crippen molar-refractivity contribution in [2.24, 2.45) is 17.0 Å².